The Morgan fingerprint density at radius 3 is 2.44 bits per heavy atom. The number of benzene rings is 3. The Bertz CT molecular complexity index is 1610. The number of nitrogens with two attached hydrogens (primary N) is 1. The molecule has 3 aromatic rings. The first-order valence-corrected chi connectivity index (χ1v) is 15.3. The molecule has 11 heteroatoms. The molecule has 1 saturated heterocycles. The maximum absolute atomic E-state index is 13.7. The second-order valence-electron chi connectivity index (χ2n) is 10.5. The predicted molar refractivity (Wildman–Crippen MR) is 159 cm³/mol. The molecule has 4 N–H and O–H groups in total. The van der Waals surface area contributed by atoms with Crippen LogP contribution in [0.25, 0.3) is 10.8 Å². The minimum atomic E-state index is -4.08. The molecule has 0 spiro atoms. The van der Waals surface area contributed by atoms with Gasteiger partial charge in [-0.3, -0.25) is 19.9 Å². The zero-order valence-electron chi connectivity index (χ0n) is 23.2. The number of piperidine rings is 1. The fourth-order valence-corrected chi connectivity index (χ4v) is 7.21. The predicted octanol–water partition coefficient (Wildman–Crippen LogP) is 3.96. The summed E-state index contributed by atoms with van der Waals surface area (Å²) in [5.41, 5.74) is 8.37. The lowest BCUT2D eigenvalue weighted by atomic mass is 9.98. The number of esters is 1. The van der Waals surface area contributed by atoms with Crippen LogP contribution in [0.5, 0.6) is 5.75 Å². The molecule has 2 heterocycles. The van der Waals surface area contributed by atoms with E-state index in [-0.39, 0.29) is 18.5 Å². The topological polar surface area (TPSA) is 150 Å². The number of nitrogens with zero attached hydrogens (tertiary/aromatic N) is 2. The molecule has 0 aliphatic carbocycles. The Balaban J connectivity index is 1.48. The fraction of sp³-hybridized carbons (Fsp3) is 0.367. The van der Waals surface area contributed by atoms with E-state index in [1.807, 2.05) is 41.3 Å². The van der Waals surface area contributed by atoms with E-state index in [1.165, 1.54) is 4.31 Å². The molecular weight excluding hydrogens is 542 g/mol. The first kappa shape index (κ1) is 28.4. The lowest BCUT2D eigenvalue weighted by Crippen LogP contribution is -2.40. The lowest BCUT2D eigenvalue weighted by Gasteiger charge is -2.33. The molecule has 10 nitrogen and oxygen atoms in total. The first-order chi connectivity index (χ1) is 19.6. The van der Waals surface area contributed by atoms with E-state index >= 15 is 0 Å². The number of sulfonamides is 1. The van der Waals surface area contributed by atoms with Crippen LogP contribution >= 0.6 is 0 Å². The maximum Gasteiger partial charge on any atom is 0.323 e. The summed E-state index contributed by atoms with van der Waals surface area (Å²) in [6, 6.07) is 16.1. The van der Waals surface area contributed by atoms with Gasteiger partial charge in [-0.15, -0.1) is 0 Å². The summed E-state index contributed by atoms with van der Waals surface area (Å²) in [6.45, 7) is 5.05. The van der Waals surface area contributed by atoms with Crippen LogP contribution in [0.4, 0.5) is 5.69 Å². The van der Waals surface area contributed by atoms with E-state index in [0.717, 1.165) is 47.8 Å². The summed E-state index contributed by atoms with van der Waals surface area (Å²) in [6.07, 6.45) is 2.02. The second-order valence-corrected chi connectivity index (χ2v) is 12.3. The van der Waals surface area contributed by atoms with Crippen LogP contribution in [0.1, 0.15) is 49.4 Å². The zero-order valence-corrected chi connectivity index (χ0v) is 24.0. The number of ether oxygens (including phenoxy) is 2. The van der Waals surface area contributed by atoms with Crippen molar-refractivity contribution < 1.29 is 22.7 Å². The normalized spacial score (nSPS) is 17.4. The number of rotatable bonds is 8. The number of carbonyl (C=O) groups excluding carboxylic acids is 1. The number of hydrogen-bond donors (Lipinski definition) is 3. The van der Waals surface area contributed by atoms with Gasteiger partial charge in [0.1, 0.15) is 17.7 Å². The maximum atomic E-state index is 13.7. The average molecular weight is 578 g/mol. The Morgan fingerprint density at radius 2 is 1.76 bits per heavy atom. The third-order valence-electron chi connectivity index (χ3n) is 7.67. The Morgan fingerprint density at radius 1 is 1.02 bits per heavy atom. The molecule has 1 atom stereocenters. The number of amidine groups is 2. The van der Waals surface area contributed by atoms with Crippen molar-refractivity contribution in [3.63, 3.8) is 0 Å². The molecule has 2 aliphatic rings. The average Bonchev–Trinajstić information content (AvgIpc) is 3.32. The van der Waals surface area contributed by atoms with Gasteiger partial charge in [0.05, 0.1) is 24.2 Å². The summed E-state index contributed by atoms with van der Waals surface area (Å²) in [7, 11) is -4.08. The minimum Gasteiger partial charge on any atom is -0.490 e. The molecule has 5 rings (SSSR count). The van der Waals surface area contributed by atoms with Crippen LogP contribution in [0, 0.1) is 10.8 Å². The number of hydrogen-bond acceptors (Lipinski definition) is 7. The highest BCUT2D eigenvalue weighted by atomic mass is 32.2. The quantitative estimate of drug-likeness (QED) is 0.208. The number of likely N-dealkylation sites (tertiary alicyclic amines) is 1. The van der Waals surface area contributed by atoms with E-state index in [2.05, 4.69) is 0 Å². The molecule has 41 heavy (non-hydrogen) atoms. The minimum absolute atomic E-state index is 0.0143. The highest BCUT2D eigenvalue weighted by Crippen LogP contribution is 2.44. The fourth-order valence-electron chi connectivity index (χ4n) is 5.63. The lowest BCUT2D eigenvalue weighted by molar-refractivity contribution is -0.139. The van der Waals surface area contributed by atoms with Crippen molar-refractivity contribution in [1.29, 1.82) is 10.8 Å². The van der Waals surface area contributed by atoms with Gasteiger partial charge in [0.25, 0.3) is 0 Å². The third kappa shape index (κ3) is 6.00. The first-order valence-electron chi connectivity index (χ1n) is 13.7. The van der Waals surface area contributed by atoms with Crippen molar-refractivity contribution in [3.8, 4) is 5.75 Å². The summed E-state index contributed by atoms with van der Waals surface area (Å²) in [5.74, 6) is -0.377. The molecule has 3 aromatic carbocycles. The molecule has 1 fully saturated rings. The van der Waals surface area contributed by atoms with E-state index in [0.29, 0.717) is 29.3 Å². The smallest absolute Gasteiger partial charge is 0.323 e. The van der Waals surface area contributed by atoms with E-state index in [1.54, 1.807) is 32.0 Å². The van der Waals surface area contributed by atoms with Crippen LogP contribution < -0.4 is 14.8 Å². The molecule has 2 aliphatic heterocycles. The van der Waals surface area contributed by atoms with Crippen molar-refractivity contribution in [2.75, 3.05) is 29.8 Å². The zero-order chi connectivity index (χ0) is 29.3. The largest absolute Gasteiger partial charge is 0.490 e. The number of carbonyl (C=O) groups is 1. The van der Waals surface area contributed by atoms with Gasteiger partial charge in [0.15, 0.2) is 5.75 Å². The van der Waals surface area contributed by atoms with Gasteiger partial charge < -0.3 is 20.1 Å². The molecule has 216 valence electrons. The van der Waals surface area contributed by atoms with Gasteiger partial charge in [-0.25, -0.2) is 8.42 Å². The molecule has 0 amide bonds. The van der Waals surface area contributed by atoms with Crippen LogP contribution in [0.3, 0.4) is 0 Å². The van der Waals surface area contributed by atoms with Gasteiger partial charge in [0.2, 0.25) is 10.0 Å². The van der Waals surface area contributed by atoms with Gasteiger partial charge in [-0.05, 0) is 66.1 Å². The summed E-state index contributed by atoms with van der Waals surface area (Å²) < 4.78 is 40.0. The van der Waals surface area contributed by atoms with E-state index in [4.69, 9.17) is 26.0 Å². The monoisotopic (exact) mass is 577 g/mol. The van der Waals surface area contributed by atoms with Crippen molar-refractivity contribution in [2.24, 2.45) is 5.73 Å². The third-order valence-corrected chi connectivity index (χ3v) is 9.32. The van der Waals surface area contributed by atoms with Crippen molar-refractivity contribution in [3.05, 3.63) is 71.3 Å². The highest BCUT2D eigenvalue weighted by Gasteiger charge is 2.40. The number of nitrogens with one attached hydrogen (secondary N) is 2. The molecular formula is C30H35N5O5S. The number of anilines is 1. The van der Waals surface area contributed by atoms with Crippen LogP contribution in [-0.2, 0) is 26.0 Å². The molecule has 0 unspecified atom stereocenters. The summed E-state index contributed by atoms with van der Waals surface area (Å²) in [5, 5.41) is 17.4. The Labute approximate surface area is 240 Å². The van der Waals surface area contributed by atoms with E-state index in [9.17, 15) is 13.2 Å². The van der Waals surface area contributed by atoms with Gasteiger partial charge in [-0.2, -0.15) is 0 Å². The van der Waals surface area contributed by atoms with Crippen LogP contribution in [0.15, 0.2) is 54.6 Å². The highest BCUT2D eigenvalue weighted by molar-refractivity contribution is 7.93. The Hall–Kier alpha value is -4.12. The van der Waals surface area contributed by atoms with Crippen molar-refractivity contribution in [2.45, 2.75) is 45.3 Å². The van der Waals surface area contributed by atoms with Gasteiger partial charge >= 0.3 is 5.97 Å². The SMILES string of the molecule is CCOC(=O)CS(=O)(=O)N1c2ccc(OC3CCN(C(C)=N)CC3)cc2C[C@@H]1c1ccc2ccc(C(=N)N)cc2c1. The summed E-state index contributed by atoms with van der Waals surface area (Å²) in [4.78, 5) is 14.3. The Kier molecular flexibility index (Phi) is 7.90. The summed E-state index contributed by atoms with van der Waals surface area (Å²) >= 11 is 0. The molecule has 0 radical (unpaired) electrons. The number of fused-ring (bicyclic) bond motifs is 2. The van der Waals surface area contributed by atoms with Crippen molar-refractivity contribution in [1.82, 2.24) is 4.90 Å². The van der Waals surface area contributed by atoms with Gasteiger partial charge in [-0.1, -0.05) is 24.3 Å². The van der Waals surface area contributed by atoms with Crippen molar-refractivity contribution >= 4 is 44.1 Å². The molecule has 0 aromatic heterocycles. The standard InChI is InChI=1S/C30H35N5O5S/c1-3-39-29(36)18-41(37,38)35-27-9-8-26(40-25-10-12-34(13-11-25)19(2)31)16-24(27)17-28(35)21-6-4-20-5-7-22(30(32)33)15-23(20)14-21/h4-9,14-16,25,28,31H,3,10-13,17-18H2,1-2H3,(H3,32,33)/t28-/m1/s1. The molecule has 0 saturated carbocycles. The van der Waals surface area contributed by atoms with Crippen LogP contribution in [0.2, 0.25) is 0 Å². The van der Waals surface area contributed by atoms with E-state index < -0.39 is 27.8 Å². The van der Waals surface area contributed by atoms with Crippen LogP contribution in [-0.4, -0.2) is 62.5 Å². The number of nitrogen functional groups attached to an aromatic ring is 1. The molecule has 0 bridgehead atoms. The van der Waals surface area contributed by atoms with Gasteiger partial charge in [0, 0.05) is 37.9 Å². The second kappa shape index (κ2) is 11.4.